The Morgan fingerprint density at radius 3 is 1.78 bits per heavy atom. The summed E-state index contributed by atoms with van der Waals surface area (Å²) < 4.78 is 26.4. The Labute approximate surface area is 408 Å². The molecule has 0 aromatic heterocycles. The van der Waals surface area contributed by atoms with E-state index in [-0.39, 0.29) is 54.8 Å². The van der Waals surface area contributed by atoms with E-state index in [0.717, 1.165) is 11.1 Å². The molecule has 2 aromatic carbocycles. The number of nitriles is 2. The zero-order valence-electron chi connectivity index (χ0n) is 41.6. The van der Waals surface area contributed by atoms with Gasteiger partial charge in [0.1, 0.15) is 18.1 Å². The van der Waals surface area contributed by atoms with Gasteiger partial charge in [-0.25, -0.2) is 14.6 Å². The van der Waals surface area contributed by atoms with E-state index in [1.54, 1.807) is 13.8 Å². The lowest BCUT2D eigenvalue weighted by Gasteiger charge is -2.31. The van der Waals surface area contributed by atoms with Crippen molar-refractivity contribution < 1.29 is 42.9 Å². The minimum Gasteiger partial charge on any atom is -0.450 e. The molecule has 2 fully saturated rings. The van der Waals surface area contributed by atoms with E-state index in [0.29, 0.717) is 97.4 Å². The summed E-state index contributed by atoms with van der Waals surface area (Å²) >= 11 is 0. The van der Waals surface area contributed by atoms with Crippen molar-refractivity contribution >= 4 is 35.9 Å². The fourth-order valence-electron chi connectivity index (χ4n) is 7.01. The number of aryl methyl sites for hydroxylation is 1. The van der Waals surface area contributed by atoms with Crippen LogP contribution < -0.4 is 21.3 Å². The van der Waals surface area contributed by atoms with Gasteiger partial charge in [0, 0.05) is 39.1 Å². The molecule has 3 unspecified atom stereocenters. The van der Waals surface area contributed by atoms with Gasteiger partial charge in [0.25, 0.3) is 0 Å². The first kappa shape index (κ1) is 57.0. The third-order valence-corrected chi connectivity index (χ3v) is 10.6. The first-order valence-electron chi connectivity index (χ1n) is 23.7. The van der Waals surface area contributed by atoms with Crippen LogP contribution in [-0.2, 0) is 46.3 Å². The number of nitrogens with zero attached hydrogens (tertiary/aromatic N) is 6. The normalized spacial score (nSPS) is 15.7. The fourth-order valence-corrected chi connectivity index (χ4v) is 7.01. The minimum atomic E-state index is -0.785. The lowest BCUT2D eigenvalue weighted by Crippen LogP contribution is -2.51. The molecule has 2 aromatic rings. The summed E-state index contributed by atoms with van der Waals surface area (Å²) in [5.74, 6) is 0.175. The van der Waals surface area contributed by atoms with Crippen molar-refractivity contribution in [1.29, 1.82) is 10.5 Å². The van der Waals surface area contributed by atoms with Crippen molar-refractivity contribution in [3.8, 4) is 12.1 Å². The average molecular weight is 959 g/mol. The van der Waals surface area contributed by atoms with Gasteiger partial charge >= 0.3 is 12.2 Å². The van der Waals surface area contributed by atoms with Crippen molar-refractivity contribution in [3.05, 3.63) is 71.8 Å². The number of nitrogens with one attached hydrogen (secondary N) is 4. The number of amides is 4. The Balaban J connectivity index is 0.000000365. The van der Waals surface area contributed by atoms with Crippen LogP contribution in [0.25, 0.3) is 0 Å². The molecule has 19 heteroatoms. The highest BCUT2D eigenvalue weighted by molar-refractivity contribution is 5.96. The SMILES string of the molecule is CCOC(=O)NC(=NC(CC(C)(C)C)C(=O)NC(C#N)CCc1ccccc1)N1CCOCC1.CCOC(=O)NC(=NCCC(C)(C)CC(=O)NC(C#N)COCc1ccccc1)N1CCOCC1. The molecule has 0 bridgehead atoms. The third kappa shape index (κ3) is 24.0. The Bertz CT molecular complexity index is 2000. The van der Waals surface area contributed by atoms with Crippen LogP contribution in [0.5, 0.6) is 0 Å². The number of ether oxygens (including phenoxy) is 5. The van der Waals surface area contributed by atoms with Gasteiger partial charge in [0.2, 0.25) is 23.7 Å². The molecule has 2 heterocycles. The van der Waals surface area contributed by atoms with Crippen LogP contribution in [-0.4, -0.2) is 143 Å². The first-order chi connectivity index (χ1) is 33.0. The van der Waals surface area contributed by atoms with Gasteiger partial charge in [0.15, 0.2) is 0 Å². The van der Waals surface area contributed by atoms with E-state index in [1.807, 2.05) is 105 Å². The summed E-state index contributed by atoms with van der Waals surface area (Å²) in [6.07, 6.45) is 1.28. The number of carbonyl (C=O) groups is 4. The van der Waals surface area contributed by atoms with E-state index in [9.17, 15) is 29.7 Å². The molecular weight excluding hydrogens is 885 g/mol. The largest absolute Gasteiger partial charge is 0.450 e. The van der Waals surface area contributed by atoms with Crippen molar-refractivity contribution in [2.45, 2.75) is 105 Å². The first-order valence-corrected chi connectivity index (χ1v) is 23.7. The zero-order valence-corrected chi connectivity index (χ0v) is 41.6. The maximum absolute atomic E-state index is 13.3. The quantitative estimate of drug-likeness (QED) is 0.103. The van der Waals surface area contributed by atoms with Crippen LogP contribution in [0.2, 0.25) is 0 Å². The molecule has 0 aliphatic carbocycles. The molecule has 4 rings (SSSR count). The molecule has 19 nitrogen and oxygen atoms in total. The number of carbonyl (C=O) groups excluding carboxylic acids is 4. The molecule has 0 radical (unpaired) electrons. The summed E-state index contributed by atoms with van der Waals surface area (Å²) in [5, 5.41) is 30.0. The van der Waals surface area contributed by atoms with Gasteiger partial charge in [-0.3, -0.25) is 25.2 Å². The molecule has 0 saturated carbocycles. The number of morpholine rings is 2. The Morgan fingerprint density at radius 1 is 0.739 bits per heavy atom. The van der Waals surface area contributed by atoms with E-state index in [1.165, 1.54) is 0 Å². The second-order valence-corrected chi connectivity index (χ2v) is 18.4. The number of aliphatic imine (C=N–C) groups is 2. The van der Waals surface area contributed by atoms with Gasteiger partial charge < -0.3 is 44.1 Å². The molecule has 2 saturated heterocycles. The fraction of sp³-hybridized carbons (Fsp3) is 0.600. The Morgan fingerprint density at radius 2 is 1.26 bits per heavy atom. The number of hydrogen-bond acceptors (Lipinski definition) is 13. The van der Waals surface area contributed by atoms with Crippen molar-refractivity contribution in [1.82, 2.24) is 31.1 Å². The second kappa shape index (κ2) is 31.0. The van der Waals surface area contributed by atoms with Crippen LogP contribution in [0.15, 0.2) is 70.6 Å². The smallest absolute Gasteiger partial charge is 0.413 e. The van der Waals surface area contributed by atoms with Gasteiger partial charge in [-0.1, -0.05) is 95.3 Å². The van der Waals surface area contributed by atoms with Crippen LogP contribution in [0.3, 0.4) is 0 Å². The Hall–Kier alpha value is -6.28. The molecule has 378 valence electrons. The topological polar surface area (TPSA) is 241 Å². The molecule has 4 amide bonds. The molecule has 69 heavy (non-hydrogen) atoms. The van der Waals surface area contributed by atoms with Crippen molar-refractivity contribution in [2.75, 3.05) is 79.0 Å². The number of alkyl carbamates (subject to hydrolysis) is 2. The minimum absolute atomic E-state index is 0.115. The highest BCUT2D eigenvalue weighted by Gasteiger charge is 2.30. The summed E-state index contributed by atoms with van der Waals surface area (Å²) in [7, 11) is 0. The van der Waals surface area contributed by atoms with Crippen LogP contribution in [0, 0.1) is 33.5 Å². The summed E-state index contributed by atoms with van der Waals surface area (Å²) in [5.41, 5.74) is 1.54. The molecule has 0 spiro atoms. The van der Waals surface area contributed by atoms with Crippen molar-refractivity contribution in [2.24, 2.45) is 20.8 Å². The maximum Gasteiger partial charge on any atom is 0.413 e. The maximum atomic E-state index is 13.3. The number of rotatable bonds is 19. The molecule has 2 aliphatic rings. The lowest BCUT2D eigenvalue weighted by molar-refractivity contribution is -0.124. The number of guanidine groups is 2. The highest BCUT2D eigenvalue weighted by atomic mass is 16.6. The molecule has 3 atom stereocenters. The van der Waals surface area contributed by atoms with Crippen LogP contribution in [0.4, 0.5) is 9.59 Å². The van der Waals surface area contributed by atoms with Crippen LogP contribution >= 0.6 is 0 Å². The van der Waals surface area contributed by atoms with E-state index >= 15 is 0 Å². The third-order valence-electron chi connectivity index (χ3n) is 10.6. The molecular formula is C50H74N10O9. The van der Waals surface area contributed by atoms with Gasteiger partial charge in [0.05, 0.1) is 65.0 Å². The standard InChI is InChI=1S/C25H37N5O5.C25H37N5O4/c1-4-35-24(32)29-23(30-12-14-33-15-13-30)27-11-10-25(2,3)16-22(31)28-21(17-26)19-34-18-20-8-6-5-7-9-20;1-5-34-24(32)29-23(30-13-15-33-16-14-30)28-21(17-25(2,3)4)22(31)27-20(18-26)12-11-19-9-7-6-8-10-19/h5-9,21H,4,10-16,18-19H2,1-3H3,(H,28,31)(H,27,29,32);6-10,20-21H,5,11-17H2,1-4H3,(H,27,31)(H,28,29,32). The summed E-state index contributed by atoms with van der Waals surface area (Å²) in [6.45, 7) is 19.3. The average Bonchev–Trinajstić information content (AvgIpc) is 3.32. The van der Waals surface area contributed by atoms with Crippen LogP contribution in [0.1, 0.15) is 85.3 Å². The second-order valence-electron chi connectivity index (χ2n) is 18.4. The molecule has 4 N–H and O–H groups in total. The van der Waals surface area contributed by atoms with Crippen molar-refractivity contribution in [3.63, 3.8) is 0 Å². The van der Waals surface area contributed by atoms with Gasteiger partial charge in [-0.15, -0.1) is 0 Å². The van der Waals surface area contributed by atoms with Gasteiger partial charge in [-0.05, 0) is 61.5 Å². The van der Waals surface area contributed by atoms with E-state index in [2.05, 4.69) is 43.4 Å². The van der Waals surface area contributed by atoms with Gasteiger partial charge in [-0.2, -0.15) is 10.5 Å². The summed E-state index contributed by atoms with van der Waals surface area (Å²) in [6, 6.07) is 21.6. The predicted octanol–water partition coefficient (Wildman–Crippen LogP) is 5.32. The molecule has 2 aliphatic heterocycles. The highest BCUT2D eigenvalue weighted by Crippen LogP contribution is 2.25. The van der Waals surface area contributed by atoms with E-state index in [4.69, 9.17) is 23.7 Å². The zero-order chi connectivity index (χ0) is 50.5. The summed E-state index contributed by atoms with van der Waals surface area (Å²) in [4.78, 5) is 63.0. The monoisotopic (exact) mass is 959 g/mol. The predicted molar refractivity (Wildman–Crippen MR) is 262 cm³/mol. The Kier molecular flexibility index (Phi) is 25.6. The number of benzene rings is 2. The number of hydrogen-bond donors (Lipinski definition) is 4. The lowest BCUT2D eigenvalue weighted by atomic mass is 9.85. The van der Waals surface area contributed by atoms with E-state index < -0.39 is 30.3 Å².